The van der Waals surface area contributed by atoms with Gasteiger partial charge in [0.25, 0.3) is 5.89 Å². The maximum absolute atomic E-state index is 5.16. The highest BCUT2D eigenvalue weighted by atomic mass is 16.5. The second-order valence-electron chi connectivity index (χ2n) is 4.75. The predicted molar refractivity (Wildman–Crippen MR) is 83.2 cm³/mol. The second-order valence-corrected chi connectivity index (χ2v) is 4.75. The zero-order valence-electron chi connectivity index (χ0n) is 12.7. The number of hydrogen-bond acceptors (Lipinski definition) is 6. The van der Waals surface area contributed by atoms with E-state index in [-0.39, 0.29) is 6.10 Å². The number of hydrogen-bond donors (Lipinski definition) is 0. The number of nitrogens with zero attached hydrogens (tertiary/aromatic N) is 4. The van der Waals surface area contributed by atoms with E-state index in [0.29, 0.717) is 17.4 Å². The molecular weight excluding hydrogens is 292 g/mol. The molecule has 1 atom stereocenters. The fourth-order valence-electron chi connectivity index (χ4n) is 1.79. The summed E-state index contributed by atoms with van der Waals surface area (Å²) in [4.78, 5) is 12.5. The highest BCUT2D eigenvalue weighted by molar-refractivity contribution is 5.53. The van der Waals surface area contributed by atoms with Crippen molar-refractivity contribution in [3.05, 3.63) is 60.0 Å². The lowest BCUT2D eigenvalue weighted by Gasteiger charge is -2.00. The normalized spacial score (nSPS) is 11.6. The van der Waals surface area contributed by atoms with E-state index in [9.17, 15) is 0 Å². The summed E-state index contributed by atoms with van der Waals surface area (Å²) in [7, 11) is 1.59. The minimum atomic E-state index is -0.241. The van der Waals surface area contributed by atoms with Crippen LogP contribution in [0.5, 0.6) is 0 Å². The molecule has 0 amide bonds. The van der Waals surface area contributed by atoms with E-state index < -0.39 is 0 Å². The van der Waals surface area contributed by atoms with E-state index in [1.807, 2.05) is 31.2 Å². The third-order valence-electron chi connectivity index (χ3n) is 3.18. The van der Waals surface area contributed by atoms with Gasteiger partial charge in [-0.1, -0.05) is 11.1 Å². The van der Waals surface area contributed by atoms with Gasteiger partial charge in [-0.2, -0.15) is 4.98 Å². The van der Waals surface area contributed by atoms with E-state index >= 15 is 0 Å². The first-order chi connectivity index (χ1) is 11.3. The van der Waals surface area contributed by atoms with Crippen molar-refractivity contribution in [3.63, 3.8) is 0 Å². The van der Waals surface area contributed by atoms with Gasteiger partial charge < -0.3 is 9.26 Å². The van der Waals surface area contributed by atoms with Crippen molar-refractivity contribution in [3.8, 4) is 23.2 Å². The Balaban J connectivity index is 1.77. The van der Waals surface area contributed by atoms with E-state index in [2.05, 4.69) is 31.9 Å². The first-order valence-corrected chi connectivity index (χ1v) is 7.01. The molecule has 0 fully saturated rings. The largest absolute Gasteiger partial charge is 0.372 e. The highest BCUT2D eigenvalue weighted by Crippen LogP contribution is 2.19. The van der Waals surface area contributed by atoms with Crippen LogP contribution in [-0.2, 0) is 4.74 Å². The molecule has 23 heavy (non-hydrogen) atoms. The van der Waals surface area contributed by atoms with Crippen molar-refractivity contribution in [2.75, 3.05) is 7.11 Å². The Morgan fingerprint density at radius 3 is 2.65 bits per heavy atom. The van der Waals surface area contributed by atoms with Gasteiger partial charge in [-0.25, -0.2) is 4.98 Å². The zero-order valence-corrected chi connectivity index (χ0v) is 12.7. The van der Waals surface area contributed by atoms with Gasteiger partial charge in [-0.05, 0) is 37.1 Å². The van der Waals surface area contributed by atoms with Crippen LogP contribution in [0.4, 0.5) is 0 Å². The van der Waals surface area contributed by atoms with E-state index in [1.54, 1.807) is 25.7 Å². The molecule has 0 bridgehead atoms. The van der Waals surface area contributed by atoms with E-state index in [4.69, 9.17) is 9.26 Å². The quantitative estimate of drug-likeness (QED) is 0.693. The van der Waals surface area contributed by atoms with Crippen LogP contribution in [0.1, 0.15) is 30.2 Å². The zero-order chi connectivity index (χ0) is 16.1. The molecule has 0 aliphatic heterocycles. The topological polar surface area (TPSA) is 73.9 Å². The molecule has 0 aromatic carbocycles. The van der Waals surface area contributed by atoms with Crippen molar-refractivity contribution in [2.24, 2.45) is 0 Å². The average Bonchev–Trinajstić information content (AvgIpc) is 3.11. The molecule has 6 nitrogen and oxygen atoms in total. The summed E-state index contributed by atoms with van der Waals surface area (Å²) in [5.41, 5.74) is 2.32. The van der Waals surface area contributed by atoms with E-state index in [1.165, 1.54) is 0 Å². The highest BCUT2D eigenvalue weighted by Gasteiger charge is 2.14. The van der Waals surface area contributed by atoms with Gasteiger partial charge >= 0.3 is 0 Å². The minimum Gasteiger partial charge on any atom is -0.372 e. The smallest absolute Gasteiger partial charge is 0.255 e. The van der Waals surface area contributed by atoms with Crippen molar-refractivity contribution in [2.45, 2.75) is 13.0 Å². The first-order valence-electron chi connectivity index (χ1n) is 7.01. The summed E-state index contributed by atoms with van der Waals surface area (Å²) in [6.07, 6.45) is 4.84. The van der Waals surface area contributed by atoms with Crippen molar-refractivity contribution in [1.29, 1.82) is 0 Å². The van der Waals surface area contributed by atoms with Crippen LogP contribution in [0.15, 0.2) is 47.4 Å². The number of pyridine rings is 2. The molecule has 0 radical (unpaired) electrons. The maximum Gasteiger partial charge on any atom is 0.255 e. The van der Waals surface area contributed by atoms with Crippen LogP contribution in [0.2, 0.25) is 0 Å². The molecule has 0 spiro atoms. The Morgan fingerprint density at radius 1 is 1.13 bits per heavy atom. The molecule has 0 N–H and O–H groups in total. The predicted octanol–water partition coefficient (Wildman–Crippen LogP) is 2.63. The van der Waals surface area contributed by atoms with Gasteiger partial charge in [0.1, 0.15) is 11.8 Å². The summed E-state index contributed by atoms with van der Waals surface area (Å²) in [5.74, 6) is 6.94. The molecule has 6 heteroatoms. The van der Waals surface area contributed by atoms with Crippen LogP contribution in [0.25, 0.3) is 11.4 Å². The number of rotatable bonds is 3. The lowest BCUT2D eigenvalue weighted by molar-refractivity contribution is 0.0886. The van der Waals surface area contributed by atoms with Gasteiger partial charge in [0.05, 0.1) is 0 Å². The molecule has 0 aliphatic rings. The van der Waals surface area contributed by atoms with Gasteiger partial charge in [0.2, 0.25) is 5.82 Å². The number of ether oxygens (including phenoxy) is 1. The molecule has 114 valence electrons. The Bertz CT molecular complexity index is 832. The molecule has 0 saturated carbocycles. The fourth-order valence-corrected chi connectivity index (χ4v) is 1.79. The standard InChI is InChI=1S/C17H14N4O2/c1-12(22-2)17-20-16(21-23-17)14-4-6-15(19-11-14)5-3-13-7-9-18-10-8-13/h4,6-12H,1-2H3. The van der Waals surface area contributed by atoms with Crippen LogP contribution >= 0.6 is 0 Å². The van der Waals surface area contributed by atoms with Crippen molar-refractivity contribution in [1.82, 2.24) is 20.1 Å². The minimum absolute atomic E-state index is 0.241. The number of methoxy groups -OCH3 is 1. The summed E-state index contributed by atoms with van der Waals surface area (Å²) < 4.78 is 10.3. The van der Waals surface area contributed by atoms with Crippen LogP contribution in [0, 0.1) is 11.8 Å². The summed E-state index contributed by atoms with van der Waals surface area (Å²) >= 11 is 0. The lowest BCUT2D eigenvalue weighted by atomic mass is 10.2. The Kier molecular flexibility index (Phi) is 4.41. The number of aromatic nitrogens is 4. The van der Waals surface area contributed by atoms with Crippen LogP contribution in [0.3, 0.4) is 0 Å². The summed E-state index contributed by atoms with van der Waals surface area (Å²) in [5, 5.41) is 3.93. The first kappa shape index (κ1) is 14.9. The SMILES string of the molecule is COC(C)c1nc(-c2ccc(C#Cc3ccncc3)nc2)no1. The van der Waals surface area contributed by atoms with Gasteiger partial charge in [-0.15, -0.1) is 0 Å². The van der Waals surface area contributed by atoms with Crippen molar-refractivity contribution >= 4 is 0 Å². The van der Waals surface area contributed by atoms with Crippen LogP contribution in [-0.4, -0.2) is 27.2 Å². The molecule has 3 aromatic rings. The second kappa shape index (κ2) is 6.81. The Morgan fingerprint density at radius 2 is 1.96 bits per heavy atom. The molecule has 3 heterocycles. The Labute approximate surface area is 133 Å². The average molecular weight is 306 g/mol. The lowest BCUT2D eigenvalue weighted by Crippen LogP contribution is -1.95. The third kappa shape index (κ3) is 3.59. The third-order valence-corrected chi connectivity index (χ3v) is 3.18. The maximum atomic E-state index is 5.16. The molecular formula is C17H14N4O2. The molecule has 3 aromatic heterocycles. The molecule has 0 aliphatic carbocycles. The summed E-state index contributed by atoms with van der Waals surface area (Å²) in [6.45, 7) is 1.84. The Hall–Kier alpha value is -3.04. The van der Waals surface area contributed by atoms with Gasteiger partial charge in [0, 0.05) is 36.8 Å². The molecule has 3 rings (SSSR count). The van der Waals surface area contributed by atoms with Crippen molar-refractivity contribution < 1.29 is 9.26 Å². The van der Waals surface area contributed by atoms with Gasteiger partial charge in [-0.3, -0.25) is 4.98 Å². The molecule has 0 saturated heterocycles. The fraction of sp³-hybridized carbons (Fsp3) is 0.176. The van der Waals surface area contributed by atoms with Gasteiger partial charge in [0.15, 0.2) is 0 Å². The monoisotopic (exact) mass is 306 g/mol. The van der Waals surface area contributed by atoms with E-state index in [0.717, 1.165) is 11.1 Å². The van der Waals surface area contributed by atoms with Crippen LogP contribution < -0.4 is 0 Å². The summed E-state index contributed by atoms with van der Waals surface area (Å²) in [6, 6.07) is 7.37. The molecule has 1 unspecified atom stereocenters.